The van der Waals surface area contributed by atoms with Crippen LogP contribution in [0.2, 0.25) is 0 Å². The van der Waals surface area contributed by atoms with Crippen LogP contribution >= 0.6 is 11.3 Å². The van der Waals surface area contributed by atoms with Crippen LogP contribution in [-0.4, -0.2) is 68.4 Å². The Hall–Kier alpha value is -3.94. The number of carbonyl (C=O) groups excluding carboxylic acids is 1. The minimum Gasteiger partial charge on any atom is -0.367 e. The van der Waals surface area contributed by atoms with Gasteiger partial charge in [-0.25, -0.2) is 9.97 Å². The minimum atomic E-state index is -4.51. The predicted octanol–water partition coefficient (Wildman–Crippen LogP) is 6.33. The Balaban J connectivity index is 0.960. The number of amides is 1. The van der Waals surface area contributed by atoms with Gasteiger partial charge in [-0.15, -0.1) is 11.3 Å². The summed E-state index contributed by atoms with van der Waals surface area (Å²) in [6, 6.07) is 8.39. The Bertz CT molecular complexity index is 1970. The molecule has 4 heterocycles. The smallest absolute Gasteiger partial charge is 0.367 e. The van der Waals surface area contributed by atoms with Crippen LogP contribution in [0, 0.1) is 23.7 Å². The summed E-state index contributed by atoms with van der Waals surface area (Å²) >= 11 is 1.03. The summed E-state index contributed by atoms with van der Waals surface area (Å²) in [6.07, 6.45) is -6.21. The highest BCUT2D eigenvalue weighted by atomic mass is 32.1. The van der Waals surface area contributed by atoms with E-state index in [1.165, 1.54) is 12.4 Å². The van der Waals surface area contributed by atoms with Gasteiger partial charge >= 0.3 is 12.4 Å². The van der Waals surface area contributed by atoms with Crippen LogP contribution in [0.5, 0.6) is 0 Å². The first-order chi connectivity index (χ1) is 23.5. The number of fused-ring (bicyclic) bond motifs is 2. The fourth-order valence-electron chi connectivity index (χ4n) is 8.26. The molecule has 3 saturated carbocycles. The quantitative estimate of drug-likeness (QED) is 0.164. The molecule has 266 valence electrons. The van der Waals surface area contributed by atoms with Gasteiger partial charge in [0.2, 0.25) is 5.91 Å². The number of thiophene rings is 1. The third-order valence-corrected chi connectivity index (χ3v) is 11.5. The molecule has 9 nitrogen and oxygen atoms in total. The van der Waals surface area contributed by atoms with Gasteiger partial charge in [0.25, 0.3) is 0 Å². The maximum atomic E-state index is 12.9. The Kier molecular flexibility index (Phi) is 8.54. The van der Waals surface area contributed by atoms with E-state index in [1.807, 2.05) is 16.7 Å². The first-order valence-electron chi connectivity index (χ1n) is 16.5. The highest BCUT2D eigenvalue weighted by molar-refractivity contribution is 7.18. The zero-order valence-corrected chi connectivity index (χ0v) is 28.0. The lowest BCUT2D eigenvalue weighted by Crippen LogP contribution is -2.76. The first kappa shape index (κ1) is 34.5. The van der Waals surface area contributed by atoms with Crippen molar-refractivity contribution in [1.82, 2.24) is 24.8 Å². The van der Waals surface area contributed by atoms with Crippen molar-refractivity contribution in [1.29, 1.82) is 5.26 Å². The van der Waals surface area contributed by atoms with Crippen molar-refractivity contribution in [2.75, 3.05) is 18.4 Å². The summed E-state index contributed by atoms with van der Waals surface area (Å²) in [5.74, 6) is -0.225. The molecule has 4 aromatic rings. The number of rotatable bonds is 10. The predicted molar refractivity (Wildman–Crippen MR) is 176 cm³/mol. The molecule has 3 aromatic heterocycles. The number of anilines is 1. The average molecular weight is 719 g/mol. The van der Waals surface area contributed by atoms with Gasteiger partial charge in [-0.3, -0.25) is 9.69 Å². The monoisotopic (exact) mass is 718 g/mol. The number of hydrogen-bond donors (Lipinski definition) is 3. The van der Waals surface area contributed by atoms with E-state index in [2.05, 4.69) is 44.6 Å². The van der Waals surface area contributed by atoms with E-state index < -0.39 is 42.7 Å². The van der Waals surface area contributed by atoms with Crippen LogP contribution in [0.25, 0.3) is 21.1 Å². The molecule has 16 heteroatoms. The van der Waals surface area contributed by atoms with Crippen LogP contribution in [0.15, 0.2) is 30.6 Å². The molecule has 50 heavy (non-hydrogen) atoms. The standard InChI is InChI=1S/C34H36F6N8OS/c1-19-20(13-47-6-4-21(5-7-47)45-28-25-9-23(10-33(35,36)37)50-30(25)44-18-43-28)2-3-27-24(19)8-22(12-41)48(27)17-31-14-32(15-31,16-31)46-29(49)26(42)11-34(38,39)40/h2-3,8-9,18,21,26H,4-7,10-11,13-17,42H2,1H3,(H,46,49)(H,43,44,45). The van der Waals surface area contributed by atoms with E-state index in [0.717, 1.165) is 65.8 Å². The maximum Gasteiger partial charge on any atom is 0.393 e. The van der Waals surface area contributed by atoms with Crippen LogP contribution in [-0.2, 0) is 24.3 Å². The summed E-state index contributed by atoms with van der Waals surface area (Å²) in [5.41, 5.74) is 8.57. The third-order valence-electron chi connectivity index (χ3n) is 10.5. The molecule has 1 aliphatic heterocycles. The van der Waals surface area contributed by atoms with Crippen molar-refractivity contribution in [3.63, 3.8) is 0 Å². The van der Waals surface area contributed by atoms with Gasteiger partial charge in [0.05, 0.1) is 24.3 Å². The zero-order valence-electron chi connectivity index (χ0n) is 27.2. The van der Waals surface area contributed by atoms with E-state index in [4.69, 9.17) is 5.73 Å². The van der Waals surface area contributed by atoms with Crippen LogP contribution in [0.1, 0.15) is 60.2 Å². The van der Waals surface area contributed by atoms with E-state index in [9.17, 15) is 36.4 Å². The average Bonchev–Trinajstić information content (AvgIpc) is 3.57. The molecule has 4 N–H and O–H groups in total. The summed E-state index contributed by atoms with van der Waals surface area (Å²) < 4.78 is 78.9. The number of nitrogens with zero attached hydrogens (tertiary/aromatic N) is 5. The molecular weight excluding hydrogens is 682 g/mol. The number of halogens is 6. The highest BCUT2D eigenvalue weighted by Gasteiger charge is 2.68. The van der Waals surface area contributed by atoms with E-state index in [0.29, 0.717) is 47.5 Å². The lowest BCUT2D eigenvalue weighted by Gasteiger charge is -2.71. The van der Waals surface area contributed by atoms with Crippen molar-refractivity contribution < 1.29 is 31.1 Å². The molecule has 1 amide bonds. The lowest BCUT2D eigenvalue weighted by molar-refractivity contribution is -0.176. The molecule has 1 atom stereocenters. The number of aromatic nitrogens is 3. The third kappa shape index (κ3) is 6.87. The first-order valence-corrected chi connectivity index (χ1v) is 17.3. The highest BCUT2D eigenvalue weighted by Crippen LogP contribution is 2.68. The summed E-state index contributed by atoms with van der Waals surface area (Å²) in [7, 11) is 0. The number of aryl methyl sites for hydroxylation is 1. The molecule has 4 fully saturated rings. The topological polar surface area (TPSA) is 125 Å². The fourth-order valence-corrected chi connectivity index (χ4v) is 9.29. The maximum absolute atomic E-state index is 12.9. The van der Waals surface area contributed by atoms with Crippen LogP contribution in [0.3, 0.4) is 0 Å². The fraction of sp³-hybridized carbons (Fsp3) is 0.529. The molecule has 4 aliphatic rings. The summed E-state index contributed by atoms with van der Waals surface area (Å²) in [5, 5.41) is 17.8. The zero-order chi connectivity index (χ0) is 35.6. The second kappa shape index (κ2) is 12.4. The number of hydrogen-bond acceptors (Lipinski definition) is 8. The van der Waals surface area contributed by atoms with Crippen LogP contribution < -0.4 is 16.4 Å². The molecule has 0 spiro atoms. The molecule has 0 radical (unpaired) electrons. The van der Waals surface area contributed by atoms with E-state index >= 15 is 0 Å². The molecule has 1 unspecified atom stereocenters. The van der Waals surface area contributed by atoms with Gasteiger partial charge in [-0.05, 0) is 73.8 Å². The Morgan fingerprint density at radius 3 is 2.48 bits per heavy atom. The largest absolute Gasteiger partial charge is 0.393 e. The number of likely N-dealkylation sites (tertiary alicyclic amines) is 1. The van der Waals surface area contributed by atoms with Gasteiger partial charge in [0.15, 0.2) is 0 Å². The molecule has 8 rings (SSSR count). The van der Waals surface area contributed by atoms with Gasteiger partial charge < -0.3 is 20.9 Å². The number of alkyl halides is 6. The Morgan fingerprint density at radius 2 is 1.82 bits per heavy atom. The van der Waals surface area contributed by atoms with E-state index in [1.54, 1.807) is 0 Å². The number of piperidine rings is 1. The number of carbonyl (C=O) groups is 1. The van der Waals surface area contributed by atoms with Crippen molar-refractivity contribution in [3.8, 4) is 6.07 Å². The van der Waals surface area contributed by atoms with Crippen LogP contribution in [0.4, 0.5) is 32.2 Å². The Morgan fingerprint density at radius 1 is 1.10 bits per heavy atom. The molecule has 1 aromatic carbocycles. The molecule has 2 bridgehead atoms. The van der Waals surface area contributed by atoms with Gasteiger partial charge in [-0.1, -0.05) is 6.07 Å². The van der Waals surface area contributed by atoms with Crippen molar-refractivity contribution >= 4 is 44.2 Å². The Labute approximate surface area is 287 Å². The number of nitrogens with one attached hydrogen (secondary N) is 2. The number of benzene rings is 1. The second-order valence-electron chi connectivity index (χ2n) is 14.4. The summed E-state index contributed by atoms with van der Waals surface area (Å²) in [6.45, 7) is 5.00. The number of nitriles is 1. The van der Waals surface area contributed by atoms with Crippen molar-refractivity contribution in [2.24, 2.45) is 11.1 Å². The minimum absolute atomic E-state index is 0.118. The van der Waals surface area contributed by atoms with Crippen molar-refractivity contribution in [3.05, 3.63) is 52.3 Å². The molecule has 3 aliphatic carbocycles. The van der Waals surface area contributed by atoms with Crippen molar-refractivity contribution in [2.45, 2.75) is 94.9 Å². The molecular formula is C34H36F6N8OS. The summed E-state index contributed by atoms with van der Waals surface area (Å²) in [4.78, 5) is 23.9. The molecule has 1 saturated heterocycles. The van der Waals surface area contributed by atoms with Gasteiger partial charge in [-0.2, -0.15) is 31.6 Å². The number of nitrogens with two attached hydrogens (primary N) is 1. The van der Waals surface area contributed by atoms with Gasteiger partial charge in [0, 0.05) is 53.5 Å². The SMILES string of the molecule is Cc1c(CN2CCC(Nc3ncnc4sc(CC(F)(F)F)cc34)CC2)ccc2c1cc(C#N)n2CC12CC(NC(=O)C(N)CC(F)(F)F)(C1)C2. The van der Waals surface area contributed by atoms with E-state index in [-0.39, 0.29) is 16.3 Å². The normalized spacial score (nSPS) is 23.3. The second-order valence-corrected chi connectivity index (χ2v) is 15.5. The van der Waals surface area contributed by atoms with Gasteiger partial charge in [0.1, 0.15) is 28.7 Å². The lowest BCUT2D eigenvalue weighted by atomic mass is 9.39.